The highest BCUT2D eigenvalue weighted by atomic mass is 32.2. The normalized spacial score (nSPS) is 17.2. The average molecular weight is 254 g/mol. The molecule has 94 valence electrons. The number of benzene rings is 1. The van der Waals surface area contributed by atoms with E-state index in [2.05, 4.69) is 0 Å². The van der Waals surface area contributed by atoms with Gasteiger partial charge in [0.1, 0.15) is 5.75 Å². The zero-order valence-electron chi connectivity index (χ0n) is 10.1. The topological polar surface area (TPSA) is 43.4 Å². The third-order valence-electron chi connectivity index (χ3n) is 3.28. The molecular formula is C13H18O3S. The quantitative estimate of drug-likeness (QED) is 0.775. The van der Waals surface area contributed by atoms with Gasteiger partial charge < -0.3 is 4.18 Å². The first-order chi connectivity index (χ1) is 8.11. The van der Waals surface area contributed by atoms with Gasteiger partial charge >= 0.3 is 10.1 Å². The summed E-state index contributed by atoms with van der Waals surface area (Å²) in [6.45, 7) is 1.57. The van der Waals surface area contributed by atoms with Gasteiger partial charge in [-0.15, -0.1) is 0 Å². The van der Waals surface area contributed by atoms with Crippen LogP contribution in [0.15, 0.2) is 24.3 Å². The first kappa shape index (κ1) is 12.4. The van der Waals surface area contributed by atoms with Crippen LogP contribution in [0.5, 0.6) is 5.75 Å². The van der Waals surface area contributed by atoms with Gasteiger partial charge in [-0.05, 0) is 43.4 Å². The molecule has 0 radical (unpaired) electrons. The zero-order chi connectivity index (χ0) is 12.3. The molecule has 2 rings (SSSR count). The van der Waals surface area contributed by atoms with Crippen LogP contribution < -0.4 is 4.18 Å². The molecule has 0 N–H and O–H groups in total. The molecule has 0 bridgehead atoms. The minimum absolute atomic E-state index is 0.00260. The SMILES string of the molecule is CCS(=O)(=O)Oc1ccc(C2CCCC2)cc1. The maximum atomic E-state index is 11.3. The molecule has 4 heteroatoms. The Hall–Kier alpha value is -1.03. The standard InChI is InChI=1S/C13H18O3S/c1-2-17(14,15)16-13-9-7-12(8-10-13)11-5-3-4-6-11/h7-11H,2-6H2,1H3. The van der Waals surface area contributed by atoms with Crippen molar-refractivity contribution < 1.29 is 12.6 Å². The molecule has 1 aromatic rings. The maximum absolute atomic E-state index is 11.3. The van der Waals surface area contributed by atoms with Gasteiger partial charge in [0.2, 0.25) is 0 Å². The van der Waals surface area contributed by atoms with E-state index in [1.165, 1.54) is 31.2 Å². The molecule has 1 saturated carbocycles. The van der Waals surface area contributed by atoms with Crippen molar-refractivity contribution in [3.63, 3.8) is 0 Å². The minimum atomic E-state index is -3.40. The van der Waals surface area contributed by atoms with E-state index < -0.39 is 10.1 Å². The van der Waals surface area contributed by atoms with Crippen LogP contribution in [0.1, 0.15) is 44.1 Å². The van der Waals surface area contributed by atoms with Gasteiger partial charge in [-0.1, -0.05) is 25.0 Å². The van der Waals surface area contributed by atoms with E-state index in [1.54, 1.807) is 19.1 Å². The van der Waals surface area contributed by atoms with Gasteiger partial charge in [-0.3, -0.25) is 0 Å². The van der Waals surface area contributed by atoms with Crippen LogP contribution in [0, 0.1) is 0 Å². The van der Waals surface area contributed by atoms with Crippen molar-refractivity contribution in [1.82, 2.24) is 0 Å². The monoisotopic (exact) mass is 254 g/mol. The van der Waals surface area contributed by atoms with Crippen molar-refractivity contribution in [3.05, 3.63) is 29.8 Å². The van der Waals surface area contributed by atoms with Crippen LogP contribution in [0.4, 0.5) is 0 Å². The van der Waals surface area contributed by atoms with Gasteiger partial charge in [0, 0.05) is 0 Å². The fourth-order valence-corrected chi connectivity index (χ4v) is 2.78. The molecule has 1 aliphatic carbocycles. The fraction of sp³-hybridized carbons (Fsp3) is 0.538. The Morgan fingerprint density at radius 3 is 2.29 bits per heavy atom. The van der Waals surface area contributed by atoms with Gasteiger partial charge in [0.25, 0.3) is 0 Å². The Kier molecular flexibility index (Phi) is 3.72. The Bertz CT molecular complexity index is 456. The second-order valence-electron chi connectivity index (χ2n) is 4.48. The Labute approximate surface area is 103 Å². The molecule has 0 heterocycles. The molecule has 0 aliphatic heterocycles. The summed E-state index contributed by atoms with van der Waals surface area (Å²) in [6, 6.07) is 7.47. The summed E-state index contributed by atoms with van der Waals surface area (Å²) in [5.41, 5.74) is 1.30. The molecule has 1 aliphatic rings. The molecule has 1 fully saturated rings. The summed E-state index contributed by atoms with van der Waals surface area (Å²) >= 11 is 0. The summed E-state index contributed by atoms with van der Waals surface area (Å²) in [5, 5.41) is 0. The second-order valence-corrected chi connectivity index (χ2v) is 6.34. The summed E-state index contributed by atoms with van der Waals surface area (Å²) < 4.78 is 27.5. The van der Waals surface area contributed by atoms with Crippen LogP contribution in [0.2, 0.25) is 0 Å². The summed E-state index contributed by atoms with van der Waals surface area (Å²) in [4.78, 5) is 0. The lowest BCUT2D eigenvalue weighted by Gasteiger charge is -2.10. The van der Waals surface area contributed by atoms with Gasteiger partial charge in [0.15, 0.2) is 0 Å². The van der Waals surface area contributed by atoms with Crippen molar-refractivity contribution in [2.45, 2.75) is 38.5 Å². The highest BCUT2D eigenvalue weighted by molar-refractivity contribution is 7.87. The fourth-order valence-electron chi connectivity index (χ4n) is 2.26. The molecule has 3 nitrogen and oxygen atoms in total. The third-order valence-corrected chi connectivity index (χ3v) is 4.44. The minimum Gasteiger partial charge on any atom is -0.382 e. The van der Waals surface area contributed by atoms with E-state index in [4.69, 9.17) is 4.18 Å². The first-order valence-corrected chi connectivity index (χ1v) is 7.70. The van der Waals surface area contributed by atoms with Crippen LogP contribution in [0.3, 0.4) is 0 Å². The van der Waals surface area contributed by atoms with E-state index in [-0.39, 0.29) is 5.75 Å². The summed E-state index contributed by atoms with van der Waals surface area (Å²) in [7, 11) is -3.40. The largest absolute Gasteiger partial charge is 0.382 e. The lowest BCUT2D eigenvalue weighted by atomic mass is 9.98. The molecule has 0 amide bonds. The first-order valence-electron chi connectivity index (χ1n) is 6.13. The highest BCUT2D eigenvalue weighted by Gasteiger charge is 2.17. The summed E-state index contributed by atoms with van der Waals surface area (Å²) in [6.07, 6.45) is 5.08. The molecule has 0 atom stereocenters. The molecule has 0 aromatic heterocycles. The van der Waals surface area contributed by atoms with E-state index >= 15 is 0 Å². The second kappa shape index (κ2) is 5.08. The molecule has 1 aromatic carbocycles. The van der Waals surface area contributed by atoms with E-state index in [1.807, 2.05) is 12.1 Å². The number of rotatable bonds is 4. The average Bonchev–Trinajstić information content (AvgIpc) is 2.83. The van der Waals surface area contributed by atoms with Crippen molar-refractivity contribution in [3.8, 4) is 5.75 Å². The molecule has 17 heavy (non-hydrogen) atoms. The maximum Gasteiger partial charge on any atom is 0.308 e. The van der Waals surface area contributed by atoms with Crippen molar-refractivity contribution in [1.29, 1.82) is 0 Å². The van der Waals surface area contributed by atoms with E-state index in [9.17, 15) is 8.42 Å². The van der Waals surface area contributed by atoms with Crippen LogP contribution in [0.25, 0.3) is 0 Å². The molecule has 0 saturated heterocycles. The number of hydrogen-bond acceptors (Lipinski definition) is 3. The molecular weight excluding hydrogens is 236 g/mol. The Balaban J connectivity index is 2.07. The van der Waals surface area contributed by atoms with Crippen molar-refractivity contribution in [2.75, 3.05) is 5.75 Å². The lowest BCUT2D eigenvalue weighted by molar-refractivity contribution is 0.487. The van der Waals surface area contributed by atoms with Gasteiger partial charge in [-0.25, -0.2) is 0 Å². The third kappa shape index (κ3) is 3.22. The predicted octanol–water partition coefficient (Wildman–Crippen LogP) is 3.07. The molecule has 0 unspecified atom stereocenters. The zero-order valence-corrected chi connectivity index (χ0v) is 10.9. The van der Waals surface area contributed by atoms with E-state index in [0.29, 0.717) is 11.7 Å². The van der Waals surface area contributed by atoms with E-state index in [0.717, 1.165) is 0 Å². The van der Waals surface area contributed by atoms with Gasteiger partial charge in [0.05, 0.1) is 5.75 Å². The Morgan fingerprint density at radius 2 is 1.76 bits per heavy atom. The van der Waals surface area contributed by atoms with Gasteiger partial charge in [-0.2, -0.15) is 8.42 Å². The predicted molar refractivity (Wildman–Crippen MR) is 67.7 cm³/mol. The highest BCUT2D eigenvalue weighted by Crippen LogP contribution is 2.34. The van der Waals surface area contributed by atoms with Crippen molar-refractivity contribution >= 4 is 10.1 Å². The molecule has 0 spiro atoms. The van der Waals surface area contributed by atoms with Crippen LogP contribution in [-0.2, 0) is 10.1 Å². The van der Waals surface area contributed by atoms with Crippen molar-refractivity contribution in [2.24, 2.45) is 0 Å². The lowest BCUT2D eigenvalue weighted by Crippen LogP contribution is -2.11. The smallest absolute Gasteiger partial charge is 0.308 e. The summed E-state index contributed by atoms with van der Waals surface area (Å²) in [5.74, 6) is 1.05. The Morgan fingerprint density at radius 1 is 1.18 bits per heavy atom. The van der Waals surface area contributed by atoms with Crippen LogP contribution in [-0.4, -0.2) is 14.2 Å². The van der Waals surface area contributed by atoms with Crippen LogP contribution >= 0.6 is 0 Å². The number of hydrogen-bond donors (Lipinski definition) is 0.